The largest absolute Gasteiger partial charge is 0.338 e. The summed E-state index contributed by atoms with van der Waals surface area (Å²) >= 11 is 0. The lowest BCUT2D eigenvalue weighted by molar-refractivity contribution is -0.384. The van der Waals surface area contributed by atoms with Gasteiger partial charge in [0.2, 0.25) is 0 Å². The van der Waals surface area contributed by atoms with Crippen LogP contribution >= 0.6 is 0 Å². The summed E-state index contributed by atoms with van der Waals surface area (Å²) in [5, 5.41) is 12.9. The molecule has 23 heavy (non-hydrogen) atoms. The van der Waals surface area contributed by atoms with E-state index in [-0.39, 0.29) is 16.1 Å². The molecule has 0 fully saturated rings. The van der Waals surface area contributed by atoms with Gasteiger partial charge < -0.3 is 5.32 Å². The van der Waals surface area contributed by atoms with Gasteiger partial charge >= 0.3 is 0 Å². The standard InChI is InChI=1S/C15H14N2O5S/c1-11-2-8-14(9-3-11)23(21,22)10-16-15(18)12-4-6-13(7-5-12)17(19)20/h2-9H,10H2,1H3,(H,16,18). The quantitative estimate of drug-likeness (QED) is 0.665. The number of hydrogen-bond donors (Lipinski definition) is 1. The molecule has 1 amide bonds. The fourth-order valence-electron chi connectivity index (χ4n) is 1.83. The molecule has 2 aromatic rings. The van der Waals surface area contributed by atoms with E-state index < -0.39 is 26.5 Å². The van der Waals surface area contributed by atoms with E-state index >= 15 is 0 Å². The maximum absolute atomic E-state index is 12.1. The highest BCUT2D eigenvalue weighted by molar-refractivity contribution is 7.91. The number of nitro groups is 1. The second-order valence-electron chi connectivity index (χ2n) is 4.88. The van der Waals surface area contributed by atoms with Gasteiger partial charge in [-0.15, -0.1) is 0 Å². The molecule has 0 aromatic heterocycles. The van der Waals surface area contributed by atoms with E-state index in [9.17, 15) is 23.3 Å². The first-order chi connectivity index (χ1) is 10.8. The summed E-state index contributed by atoms with van der Waals surface area (Å²) in [6, 6.07) is 11.2. The zero-order valence-electron chi connectivity index (χ0n) is 12.2. The minimum atomic E-state index is -3.64. The van der Waals surface area contributed by atoms with E-state index in [4.69, 9.17) is 0 Å². The number of nitro benzene ring substituents is 1. The Kier molecular flexibility index (Phi) is 4.75. The van der Waals surface area contributed by atoms with Crippen molar-refractivity contribution in [3.8, 4) is 0 Å². The molecule has 0 spiro atoms. The molecule has 0 heterocycles. The summed E-state index contributed by atoms with van der Waals surface area (Å²) in [6.45, 7) is 1.84. The number of benzene rings is 2. The molecule has 0 saturated carbocycles. The Hall–Kier alpha value is -2.74. The third kappa shape index (κ3) is 4.13. The van der Waals surface area contributed by atoms with Gasteiger partial charge in [-0.05, 0) is 31.2 Å². The molecule has 0 radical (unpaired) electrons. The summed E-state index contributed by atoms with van der Waals surface area (Å²) in [4.78, 5) is 22.0. The van der Waals surface area contributed by atoms with Crippen molar-refractivity contribution in [1.82, 2.24) is 5.32 Å². The summed E-state index contributed by atoms with van der Waals surface area (Å²) in [6.07, 6.45) is 0. The number of carbonyl (C=O) groups excluding carboxylic acids is 1. The zero-order valence-corrected chi connectivity index (χ0v) is 13.0. The van der Waals surface area contributed by atoms with Gasteiger partial charge in [0.1, 0.15) is 5.88 Å². The molecule has 0 saturated heterocycles. The molecule has 1 N–H and O–H groups in total. The lowest BCUT2D eigenvalue weighted by Gasteiger charge is -2.07. The van der Waals surface area contributed by atoms with Crippen molar-refractivity contribution >= 4 is 21.4 Å². The van der Waals surface area contributed by atoms with Crippen LogP contribution in [0.15, 0.2) is 53.4 Å². The summed E-state index contributed by atoms with van der Waals surface area (Å²) in [5.41, 5.74) is 0.933. The van der Waals surface area contributed by atoms with Crippen molar-refractivity contribution in [3.05, 3.63) is 69.8 Å². The molecule has 2 aromatic carbocycles. The molecule has 0 bridgehead atoms. The highest BCUT2D eigenvalue weighted by atomic mass is 32.2. The average molecular weight is 334 g/mol. The van der Waals surface area contributed by atoms with E-state index in [1.165, 1.54) is 36.4 Å². The highest BCUT2D eigenvalue weighted by Gasteiger charge is 2.16. The monoisotopic (exact) mass is 334 g/mol. The van der Waals surface area contributed by atoms with E-state index in [0.717, 1.165) is 5.56 Å². The summed E-state index contributed by atoms with van der Waals surface area (Å²) in [7, 11) is -3.64. The van der Waals surface area contributed by atoms with Crippen LogP contribution in [0, 0.1) is 17.0 Å². The second kappa shape index (κ2) is 6.57. The maximum Gasteiger partial charge on any atom is 0.269 e. The fourth-order valence-corrected chi connectivity index (χ4v) is 2.86. The van der Waals surface area contributed by atoms with E-state index in [0.29, 0.717) is 0 Å². The van der Waals surface area contributed by atoms with Crippen molar-refractivity contribution in [2.75, 3.05) is 5.88 Å². The molecular formula is C15H14N2O5S. The van der Waals surface area contributed by atoms with Gasteiger partial charge in [-0.1, -0.05) is 17.7 Å². The molecule has 8 heteroatoms. The Labute approximate surface area is 133 Å². The smallest absolute Gasteiger partial charge is 0.269 e. The minimum Gasteiger partial charge on any atom is -0.338 e. The molecular weight excluding hydrogens is 320 g/mol. The van der Waals surface area contributed by atoms with E-state index in [1.807, 2.05) is 6.92 Å². The predicted molar refractivity (Wildman–Crippen MR) is 83.8 cm³/mol. The maximum atomic E-state index is 12.1. The number of rotatable bonds is 5. The van der Waals surface area contributed by atoms with Crippen LogP contribution in [-0.2, 0) is 9.84 Å². The van der Waals surface area contributed by atoms with Gasteiger partial charge in [0, 0.05) is 17.7 Å². The predicted octanol–water partition coefficient (Wildman–Crippen LogP) is 2.06. The molecule has 0 aliphatic carbocycles. The van der Waals surface area contributed by atoms with E-state index in [1.54, 1.807) is 12.1 Å². The summed E-state index contributed by atoms with van der Waals surface area (Å²) in [5.74, 6) is -1.16. The number of carbonyl (C=O) groups is 1. The van der Waals surface area contributed by atoms with Crippen molar-refractivity contribution in [2.45, 2.75) is 11.8 Å². The van der Waals surface area contributed by atoms with Crippen LogP contribution in [0.1, 0.15) is 15.9 Å². The Morgan fingerprint density at radius 1 is 1.09 bits per heavy atom. The molecule has 0 aliphatic rings. The Morgan fingerprint density at radius 3 is 2.17 bits per heavy atom. The van der Waals surface area contributed by atoms with Crippen LogP contribution in [0.3, 0.4) is 0 Å². The van der Waals surface area contributed by atoms with Crippen LogP contribution in [0.25, 0.3) is 0 Å². The molecule has 0 unspecified atom stereocenters. The molecule has 2 rings (SSSR count). The Balaban J connectivity index is 2.06. The molecule has 120 valence electrons. The number of aryl methyl sites for hydroxylation is 1. The van der Waals surface area contributed by atoms with Gasteiger partial charge in [0.05, 0.1) is 9.82 Å². The fraction of sp³-hybridized carbons (Fsp3) is 0.133. The third-order valence-electron chi connectivity index (χ3n) is 3.14. The highest BCUT2D eigenvalue weighted by Crippen LogP contribution is 2.13. The third-order valence-corrected chi connectivity index (χ3v) is 4.66. The normalized spacial score (nSPS) is 11.0. The van der Waals surface area contributed by atoms with Crippen molar-refractivity contribution < 1.29 is 18.1 Å². The number of sulfone groups is 1. The van der Waals surface area contributed by atoms with Gasteiger partial charge in [0.25, 0.3) is 11.6 Å². The molecule has 0 aliphatic heterocycles. The molecule has 7 nitrogen and oxygen atoms in total. The average Bonchev–Trinajstić information content (AvgIpc) is 2.53. The lowest BCUT2D eigenvalue weighted by Crippen LogP contribution is -2.29. The lowest BCUT2D eigenvalue weighted by atomic mass is 10.2. The summed E-state index contributed by atoms with van der Waals surface area (Å²) < 4.78 is 24.2. The second-order valence-corrected chi connectivity index (χ2v) is 6.87. The minimum absolute atomic E-state index is 0.118. The van der Waals surface area contributed by atoms with Crippen LogP contribution in [0.4, 0.5) is 5.69 Å². The van der Waals surface area contributed by atoms with Crippen molar-refractivity contribution in [3.63, 3.8) is 0 Å². The van der Waals surface area contributed by atoms with Crippen LogP contribution < -0.4 is 5.32 Å². The first kappa shape index (κ1) is 16.6. The Morgan fingerprint density at radius 2 is 1.65 bits per heavy atom. The number of nitrogens with zero attached hydrogens (tertiary/aromatic N) is 1. The molecule has 0 atom stereocenters. The topological polar surface area (TPSA) is 106 Å². The number of non-ortho nitro benzene ring substituents is 1. The van der Waals surface area contributed by atoms with Gasteiger partial charge in [0.15, 0.2) is 9.84 Å². The first-order valence-corrected chi connectivity index (χ1v) is 8.27. The number of nitrogens with one attached hydrogen (secondary N) is 1. The van der Waals surface area contributed by atoms with Gasteiger partial charge in [-0.3, -0.25) is 14.9 Å². The van der Waals surface area contributed by atoms with E-state index in [2.05, 4.69) is 5.32 Å². The van der Waals surface area contributed by atoms with Crippen LogP contribution in [0.2, 0.25) is 0 Å². The number of hydrogen-bond acceptors (Lipinski definition) is 5. The zero-order chi connectivity index (χ0) is 17.0. The van der Waals surface area contributed by atoms with Gasteiger partial charge in [-0.2, -0.15) is 0 Å². The first-order valence-electron chi connectivity index (χ1n) is 6.62. The van der Waals surface area contributed by atoms with Crippen molar-refractivity contribution in [1.29, 1.82) is 0 Å². The number of amides is 1. The van der Waals surface area contributed by atoms with Crippen molar-refractivity contribution in [2.24, 2.45) is 0 Å². The SMILES string of the molecule is Cc1ccc(S(=O)(=O)CNC(=O)c2ccc([N+](=O)[O-])cc2)cc1. The van der Waals surface area contributed by atoms with Crippen LogP contribution in [0.5, 0.6) is 0 Å². The van der Waals surface area contributed by atoms with Gasteiger partial charge in [-0.25, -0.2) is 8.42 Å². The Bertz CT molecular complexity index is 827. The van der Waals surface area contributed by atoms with Crippen LogP contribution in [-0.4, -0.2) is 25.1 Å².